The molecule has 25 heavy (non-hydrogen) atoms. The molecule has 1 heterocycles. The second-order valence-electron chi connectivity index (χ2n) is 5.08. The van der Waals surface area contributed by atoms with Crippen LogP contribution >= 0.6 is 23.2 Å². The van der Waals surface area contributed by atoms with E-state index in [9.17, 15) is 26.7 Å². The van der Waals surface area contributed by atoms with Gasteiger partial charge in [-0.1, -0.05) is 11.6 Å². The van der Waals surface area contributed by atoms with Gasteiger partial charge in [-0.2, -0.15) is 17.6 Å². The van der Waals surface area contributed by atoms with E-state index in [0.29, 0.717) is 0 Å². The Hall–Kier alpha value is -1.87. The lowest BCUT2D eigenvalue weighted by atomic mass is 10.2. The molecule has 0 spiro atoms. The number of nitrogens with zero attached hydrogens (tertiary/aromatic N) is 2. The number of ether oxygens (including phenoxy) is 1. The highest BCUT2D eigenvalue weighted by Gasteiger charge is 2.39. The summed E-state index contributed by atoms with van der Waals surface area (Å²) in [5, 5.41) is -1.23. The monoisotopic (exact) mass is 402 g/mol. The summed E-state index contributed by atoms with van der Waals surface area (Å²) in [4.78, 5) is 14.8. The molecule has 0 bridgehead atoms. The van der Waals surface area contributed by atoms with Crippen LogP contribution in [0.2, 0.25) is 10.3 Å². The van der Waals surface area contributed by atoms with Gasteiger partial charge in [0, 0.05) is 6.07 Å². The van der Waals surface area contributed by atoms with Gasteiger partial charge in [0.15, 0.2) is 5.69 Å². The number of aromatic nitrogens is 2. The second kappa shape index (κ2) is 6.80. The first-order valence-corrected chi connectivity index (χ1v) is 7.40. The van der Waals surface area contributed by atoms with Gasteiger partial charge in [0.25, 0.3) is 5.56 Å². The Labute approximate surface area is 147 Å². The molecule has 0 aliphatic rings. The molecule has 1 aromatic carbocycles. The van der Waals surface area contributed by atoms with Crippen molar-refractivity contribution in [2.75, 3.05) is 0 Å². The fourth-order valence-electron chi connectivity index (χ4n) is 1.91. The Morgan fingerprint density at radius 3 is 2.32 bits per heavy atom. The molecule has 0 aliphatic carbocycles. The van der Waals surface area contributed by atoms with Crippen LogP contribution in [0.15, 0.2) is 16.9 Å². The maximum atomic E-state index is 14.1. The van der Waals surface area contributed by atoms with Crippen LogP contribution in [0.4, 0.5) is 22.0 Å². The van der Waals surface area contributed by atoms with E-state index in [1.54, 1.807) is 13.8 Å². The van der Waals surface area contributed by atoms with Crippen molar-refractivity contribution in [3.63, 3.8) is 0 Å². The van der Waals surface area contributed by atoms with Crippen LogP contribution in [0.1, 0.15) is 19.5 Å². The molecule has 0 N–H and O–H groups in total. The summed E-state index contributed by atoms with van der Waals surface area (Å²) < 4.78 is 71.4. The summed E-state index contributed by atoms with van der Waals surface area (Å²) >= 11 is 11.4. The second-order valence-corrected chi connectivity index (χ2v) is 5.83. The van der Waals surface area contributed by atoms with E-state index in [4.69, 9.17) is 27.9 Å². The molecule has 136 valence electrons. The van der Waals surface area contributed by atoms with Gasteiger partial charge in [-0.3, -0.25) is 4.79 Å². The van der Waals surface area contributed by atoms with Crippen LogP contribution in [0, 0.1) is 11.6 Å². The summed E-state index contributed by atoms with van der Waals surface area (Å²) in [6.45, 7) is 3.27. The standard InChI is InChI=1S/C14H9Cl2F5N2O2/c1-5(2)25-9-4-8(7(17)3-6(9)15)23-12(24)10(18)11(14(19,20)21)22-13(23)16/h3-5H,1-2H3. The first-order valence-electron chi connectivity index (χ1n) is 6.64. The molecule has 11 heteroatoms. The number of hydrogen-bond donors (Lipinski definition) is 0. The molecule has 2 aromatic rings. The van der Waals surface area contributed by atoms with E-state index in [-0.39, 0.29) is 21.4 Å². The van der Waals surface area contributed by atoms with E-state index >= 15 is 0 Å². The van der Waals surface area contributed by atoms with Gasteiger partial charge in [0.2, 0.25) is 11.1 Å². The van der Waals surface area contributed by atoms with E-state index in [1.165, 1.54) is 0 Å². The van der Waals surface area contributed by atoms with Gasteiger partial charge in [-0.05, 0) is 31.5 Å². The lowest BCUT2D eigenvalue weighted by molar-refractivity contribution is -0.144. The first-order chi connectivity index (χ1) is 11.4. The lowest BCUT2D eigenvalue weighted by Crippen LogP contribution is -2.29. The lowest BCUT2D eigenvalue weighted by Gasteiger charge is -2.16. The molecular weight excluding hydrogens is 394 g/mol. The smallest absolute Gasteiger partial charge is 0.436 e. The highest BCUT2D eigenvalue weighted by molar-refractivity contribution is 6.32. The number of benzene rings is 1. The van der Waals surface area contributed by atoms with E-state index in [2.05, 4.69) is 4.98 Å². The number of rotatable bonds is 3. The molecule has 0 fully saturated rings. The van der Waals surface area contributed by atoms with Crippen molar-refractivity contribution in [3.8, 4) is 11.4 Å². The van der Waals surface area contributed by atoms with Crippen molar-refractivity contribution in [2.45, 2.75) is 26.1 Å². The minimum absolute atomic E-state index is 0.0728. The van der Waals surface area contributed by atoms with Crippen LogP contribution in [0.3, 0.4) is 0 Å². The molecule has 0 amide bonds. The summed E-state index contributed by atoms with van der Waals surface area (Å²) in [6, 6.07) is 1.67. The summed E-state index contributed by atoms with van der Waals surface area (Å²) in [5.41, 5.74) is -4.56. The SMILES string of the molecule is CC(C)Oc1cc(-n2c(Cl)nc(C(F)(F)F)c(F)c2=O)c(F)cc1Cl. The van der Waals surface area contributed by atoms with Gasteiger partial charge < -0.3 is 4.74 Å². The fourth-order valence-corrected chi connectivity index (χ4v) is 2.35. The van der Waals surface area contributed by atoms with Crippen LogP contribution in [-0.2, 0) is 6.18 Å². The van der Waals surface area contributed by atoms with Gasteiger partial charge in [-0.15, -0.1) is 0 Å². The normalized spacial score (nSPS) is 11.9. The van der Waals surface area contributed by atoms with Gasteiger partial charge in [0.05, 0.1) is 16.8 Å². The van der Waals surface area contributed by atoms with Gasteiger partial charge in [-0.25, -0.2) is 13.9 Å². The number of halogens is 7. The molecular formula is C14H9Cl2F5N2O2. The molecule has 0 unspecified atom stereocenters. The Kier molecular flexibility index (Phi) is 5.29. The van der Waals surface area contributed by atoms with Crippen molar-refractivity contribution in [1.29, 1.82) is 0 Å². The van der Waals surface area contributed by atoms with Gasteiger partial charge >= 0.3 is 6.18 Å². The van der Waals surface area contributed by atoms with Crippen molar-refractivity contribution < 1.29 is 26.7 Å². The fraction of sp³-hybridized carbons (Fsp3) is 0.286. The minimum atomic E-state index is -5.24. The van der Waals surface area contributed by atoms with E-state index < -0.39 is 40.0 Å². The number of hydrogen-bond acceptors (Lipinski definition) is 3. The van der Waals surface area contributed by atoms with Crippen LogP contribution < -0.4 is 10.3 Å². The van der Waals surface area contributed by atoms with Crippen molar-refractivity contribution in [3.05, 3.63) is 50.1 Å². The predicted octanol–water partition coefficient (Wildman–Crippen LogP) is 4.62. The zero-order chi connectivity index (χ0) is 19.1. The summed E-state index contributed by atoms with van der Waals surface area (Å²) in [6.07, 6.45) is -5.62. The van der Waals surface area contributed by atoms with E-state index in [0.717, 1.165) is 12.1 Å². The zero-order valence-corrected chi connectivity index (χ0v) is 14.1. The number of alkyl halides is 3. The summed E-state index contributed by atoms with van der Waals surface area (Å²) in [5.74, 6) is -3.42. The van der Waals surface area contributed by atoms with Crippen LogP contribution in [0.5, 0.6) is 5.75 Å². The quantitative estimate of drug-likeness (QED) is 0.555. The van der Waals surface area contributed by atoms with Crippen LogP contribution in [-0.4, -0.2) is 15.7 Å². The summed E-state index contributed by atoms with van der Waals surface area (Å²) in [7, 11) is 0. The Balaban J connectivity index is 2.75. The molecule has 0 aliphatic heterocycles. The van der Waals surface area contributed by atoms with Crippen molar-refractivity contribution in [2.24, 2.45) is 0 Å². The van der Waals surface area contributed by atoms with Crippen LogP contribution in [0.25, 0.3) is 5.69 Å². The molecule has 0 saturated carbocycles. The molecule has 0 atom stereocenters. The van der Waals surface area contributed by atoms with E-state index in [1.807, 2.05) is 0 Å². The zero-order valence-electron chi connectivity index (χ0n) is 12.6. The topological polar surface area (TPSA) is 44.1 Å². The largest absolute Gasteiger partial charge is 0.489 e. The van der Waals surface area contributed by atoms with Crippen molar-refractivity contribution in [1.82, 2.24) is 9.55 Å². The third kappa shape index (κ3) is 3.87. The third-order valence-corrected chi connectivity index (χ3v) is 3.41. The molecule has 2 rings (SSSR count). The Bertz CT molecular complexity index is 881. The molecule has 4 nitrogen and oxygen atoms in total. The highest BCUT2D eigenvalue weighted by atomic mass is 35.5. The minimum Gasteiger partial charge on any atom is -0.489 e. The molecule has 0 radical (unpaired) electrons. The molecule has 0 saturated heterocycles. The van der Waals surface area contributed by atoms with Crippen molar-refractivity contribution >= 4 is 23.2 Å². The predicted molar refractivity (Wildman–Crippen MR) is 80.5 cm³/mol. The maximum absolute atomic E-state index is 14.1. The average Bonchev–Trinajstić information content (AvgIpc) is 2.45. The highest BCUT2D eigenvalue weighted by Crippen LogP contribution is 2.33. The third-order valence-electron chi connectivity index (χ3n) is 2.86. The Morgan fingerprint density at radius 1 is 1.20 bits per heavy atom. The Morgan fingerprint density at radius 2 is 1.80 bits per heavy atom. The average molecular weight is 403 g/mol. The first kappa shape index (κ1) is 19.5. The van der Waals surface area contributed by atoms with Gasteiger partial charge in [0.1, 0.15) is 11.6 Å². The molecule has 1 aromatic heterocycles. The maximum Gasteiger partial charge on any atom is 0.436 e.